The molecule has 1 amide bonds. The van der Waals surface area contributed by atoms with E-state index < -0.39 is 0 Å². The minimum atomic E-state index is -0.171. The maximum absolute atomic E-state index is 12.9. The van der Waals surface area contributed by atoms with Gasteiger partial charge >= 0.3 is 5.69 Å². The van der Waals surface area contributed by atoms with Crippen LogP contribution in [0.3, 0.4) is 0 Å². The van der Waals surface area contributed by atoms with Crippen LogP contribution in [-0.2, 0) is 6.54 Å². The van der Waals surface area contributed by atoms with Crippen LogP contribution >= 0.6 is 0 Å². The van der Waals surface area contributed by atoms with Crippen LogP contribution in [0.15, 0.2) is 16.9 Å². The molecule has 0 atom stereocenters. The first-order valence-electron chi connectivity index (χ1n) is 9.26. The van der Waals surface area contributed by atoms with Crippen LogP contribution < -0.4 is 5.69 Å². The van der Waals surface area contributed by atoms with Crippen molar-refractivity contribution in [1.82, 2.24) is 34.3 Å². The second-order valence-electron chi connectivity index (χ2n) is 7.04. The van der Waals surface area contributed by atoms with E-state index in [9.17, 15) is 9.59 Å². The fraction of sp³-hybridized carbons (Fsp3) is 0.500. The molecule has 4 heterocycles. The van der Waals surface area contributed by atoms with Gasteiger partial charge in [-0.25, -0.2) is 19.4 Å². The molecule has 1 aliphatic heterocycles. The molecule has 3 aromatic rings. The first kappa shape index (κ1) is 17.4. The Bertz CT molecular complexity index is 1050. The lowest BCUT2D eigenvalue weighted by Crippen LogP contribution is -2.39. The van der Waals surface area contributed by atoms with Crippen LogP contribution in [0, 0.1) is 13.8 Å². The standard InChI is InChI=1S/C18H23N7O2/c1-4-24-16(20-21-18(24)27)13-5-7-23(8-6-13)17(26)14-10-12(3)25-15(19-14)9-11(2)22-25/h9-10,13H,4-8H2,1-3H3,(H,21,27). The van der Waals surface area contributed by atoms with Gasteiger partial charge in [-0.2, -0.15) is 10.2 Å². The molecule has 1 aliphatic rings. The average molecular weight is 369 g/mol. The molecule has 0 bridgehead atoms. The third-order valence-electron chi connectivity index (χ3n) is 5.20. The summed E-state index contributed by atoms with van der Waals surface area (Å²) in [5.41, 5.74) is 2.72. The highest BCUT2D eigenvalue weighted by Gasteiger charge is 2.28. The first-order chi connectivity index (χ1) is 13.0. The Morgan fingerprint density at radius 3 is 2.70 bits per heavy atom. The van der Waals surface area contributed by atoms with Gasteiger partial charge in [-0.05, 0) is 39.7 Å². The molecule has 0 spiro atoms. The number of aryl methyl sites for hydroxylation is 2. The number of nitrogens with one attached hydrogen (secondary N) is 1. The highest BCUT2D eigenvalue weighted by Crippen LogP contribution is 2.26. The number of H-pyrrole nitrogens is 1. The Morgan fingerprint density at radius 1 is 1.26 bits per heavy atom. The van der Waals surface area contributed by atoms with Crippen molar-refractivity contribution in [3.8, 4) is 0 Å². The van der Waals surface area contributed by atoms with Crippen molar-refractivity contribution >= 4 is 11.6 Å². The van der Waals surface area contributed by atoms with E-state index in [0.29, 0.717) is 31.0 Å². The molecular weight excluding hydrogens is 346 g/mol. The zero-order chi connectivity index (χ0) is 19.1. The van der Waals surface area contributed by atoms with E-state index in [0.717, 1.165) is 30.1 Å². The number of rotatable bonds is 3. The van der Waals surface area contributed by atoms with Crippen LogP contribution in [0.25, 0.3) is 5.65 Å². The molecule has 27 heavy (non-hydrogen) atoms. The van der Waals surface area contributed by atoms with Crippen molar-refractivity contribution in [2.75, 3.05) is 13.1 Å². The molecule has 1 N–H and O–H groups in total. The quantitative estimate of drug-likeness (QED) is 0.749. The molecule has 9 heteroatoms. The van der Waals surface area contributed by atoms with Crippen LogP contribution in [0.4, 0.5) is 0 Å². The predicted octanol–water partition coefficient (Wildman–Crippen LogP) is 1.27. The minimum Gasteiger partial charge on any atom is -0.337 e. The molecule has 0 aliphatic carbocycles. The number of aromatic nitrogens is 6. The van der Waals surface area contributed by atoms with Crippen LogP contribution in [0.1, 0.15) is 53.4 Å². The first-order valence-corrected chi connectivity index (χ1v) is 9.26. The number of piperidine rings is 1. The van der Waals surface area contributed by atoms with E-state index in [4.69, 9.17) is 0 Å². The number of hydrogen-bond acceptors (Lipinski definition) is 5. The SMILES string of the molecule is CCn1c(C2CCN(C(=O)c3cc(C)n4nc(C)cc4n3)CC2)n[nH]c1=O. The summed E-state index contributed by atoms with van der Waals surface area (Å²) in [5.74, 6) is 0.912. The van der Waals surface area contributed by atoms with Crippen molar-refractivity contribution in [2.24, 2.45) is 0 Å². The van der Waals surface area contributed by atoms with Crippen molar-refractivity contribution in [3.63, 3.8) is 0 Å². The Labute approximate surface area is 156 Å². The van der Waals surface area contributed by atoms with Crippen molar-refractivity contribution < 1.29 is 4.79 Å². The lowest BCUT2D eigenvalue weighted by Gasteiger charge is -2.31. The molecule has 142 valence electrons. The van der Waals surface area contributed by atoms with E-state index in [-0.39, 0.29) is 17.5 Å². The highest BCUT2D eigenvalue weighted by atomic mass is 16.2. The fourth-order valence-electron chi connectivity index (χ4n) is 3.80. The largest absolute Gasteiger partial charge is 0.343 e. The van der Waals surface area contributed by atoms with Crippen LogP contribution in [0.5, 0.6) is 0 Å². The van der Waals surface area contributed by atoms with Gasteiger partial charge in [-0.1, -0.05) is 0 Å². The topological polar surface area (TPSA) is 101 Å². The van der Waals surface area contributed by atoms with E-state index in [2.05, 4.69) is 20.3 Å². The van der Waals surface area contributed by atoms with Crippen LogP contribution in [-0.4, -0.2) is 53.3 Å². The molecular formula is C18H23N7O2. The van der Waals surface area contributed by atoms with Crippen molar-refractivity contribution in [2.45, 2.75) is 46.1 Å². The van der Waals surface area contributed by atoms with E-state index >= 15 is 0 Å². The Balaban J connectivity index is 1.51. The van der Waals surface area contributed by atoms with Gasteiger partial charge in [-0.3, -0.25) is 9.36 Å². The number of carbonyl (C=O) groups is 1. The fourth-order valence-corrected chi connectivity index (χ4v) is 3.80. The molecule has 0 unspecified atom stereocenters. The summed E-state index contributed by atoms with van der Waals surface area (Å²) < 4.78 is 3.42. The molecule has 1 fully saturated rings. The molecule has 1 saturated heterocycles. The lowest BCUT2D eigenvalue weighted by atomic mass is 9.95. The zero-order valence-corrected chi connectivity index (χ0v) is 15.8. The molecule has 9 nitrogen and oxygen atoms in total. The normalized spacial score (nSPS) is 15.6. The maximum Gasteiger partial charge on any atom is 0.343 e. The van der Waals surface area contributed by atoms with Gasteiger partial charge < -0.3 is 4.90 Å². The van der Waals surface area contributed by atoms with Gasteiger partial charge in [0.15, 0.2) is 5.65 Å². The summed E-state index contributed by atoms with van der Waals surface area (Å²) in [6.45, 7) is 7.60. The summed E-state index contributed by atoms with van der Waals surface area (Å²) in [7, 11) is 0. The van der Waals surface area contributed by atoms with Gasteiger partial charge in [0.25, 0.3) is 5.91 Å². The van der Waals surface area contributed by atoms with Gasteiger partial charge in [0.1, 0.15) is 11.5 Å². The summed E-state index contributed by atoms with van der Waals surface area (Å²) in [6.07, 6.45) is 1.56. The number of fused-ring (bicyclic) bond motifs is 1. The van der Waals surface area contributed by atoms with Gasteiger partial charge in [0.05, 0.1) is 5.69 Å². The van der Waals surface area contributed by atoms with Gasteiger partial charge in [0.2, 0.25) is 0 Å². The summed E-state index contributed by atoms with van der Waals surface area (Å²) in [5, 5.41) is 11.1. The van der Waals surface area contributed by atoms with Crippen LogP contribution in [0.2, 0.25) is 0 Å². The number of carbonyl (C=O) groups excluding carboxylic acids is 1. The van der Waals surface area contributed by atoms with Crippen molar-refractivity contribution in [3.05, 3.63) is 45.5 Å². The van der Waals surface area contributed by atoms with E-state index in [1.807, 2.05) is 31.7 Å². The summed E-state index contributed by atoms with van der Waals surface area (Å²) >= 11 is 0. The number of likely N-dealkylation sites (tertiary alicyclic amines) is 1. The second kappa shape index (κ2) is 6.64. The lowest BCUT2D eigenvalue weighted by molar-refractivity contribution is 0.0704. The summed E-state index contributed by atoms with van der Waals surface area (Å²) in [4.78, 5) is 31.0. The minimum absolute atomic E-state index is 0.0622. The average Bonchev–Trinajstić information content (AvgIpc) is 3.23. The van der Waals surface area contributed by atoms with E-state index in [1.54, 1.807) is 15.1 Å². The number of hydrogen-bond donors (Lipinski definition) is 1. The Hall–Kier alpha value is -2.97. The smallest absolute Gasteiger partial charge is 0.337 e. The number of nitrogens with zero attached hydrogens (tertiary/aromatic N) is 6. The zero-order valence-electron chi connectivity index (χ0n) is 15.8. The Morgan fingerprint density at radius 2 is 2.00 bits per heavy atom. The molecule has 0 aromatic carbocycles. The molecule has 3 aromatic heterocycles. The van der Waals surface area contributed by atoms with Crippen molar-refractivity contribution in [1.29, 1.82) is 0 Å². The second-order valence-corrected chi connectivity index (χ2v) is 7.04. The van der Waals surface area contributed by atoms with E-state index in [1.165, 1.54) is 0 Å². The van der Waals surface area contributed by atoms with Gasteiger partial charge in [-0.15, -0.1) is 0 Å². The Kier molecular flexibility index (Phi) is 4.29. The predicted molar refractivity (Wildman–Crippen MR) is 98.9 cm³/mol. The molecule has 4 rings (SSSR count). The third-order valence-corrected chi connectivity index (χ3v) is 5.20. The molecule has 0 radical (unpaired) electrons. The molecule has 0 saturated carbocycles. The summed E-state index contributed by atoms with van der Waals surface area (Å²) in [6, 6.07) is 3.66. The monoisotopic (exact) mass is 369 g/mol. The number of amides is 1. The highest BCUT2D eigenvalue weighted by molar-refractivity contribution is 5.93. The number of aromatic amines is 1. The third kappa shape index (κ3) is 3.02. The van der Waals surface area contributed by atoms with Gasteiger partial charge in [0, 0.05) is 37.3 Å². The maximum atomic E-state index is 12.9.